The number of rotatable bonds is 5. The van der Waals surface area contributed by atoms with Crippen LogP contribution in [0.15, 0.2) is 0 Å². The second-order valence-corrected chi connectivity index (χ2v) is 4.46. The molecular formula is C7H15Cl2N2O2P. The molecule has 1 saturated heterocycles. The van der Waals surface area contributed by atoms with Crippen molar-refractivity contribution in [1.82, 2.24) is 9.76 Å². The van der Waals surface area contributed by atoms with Gasteiger partial charge in [-0.25, -0.2) is 9.76 Å². The Bertz CT molecular complexity index is 510. The Balaban J connectivity index is 3.60. The Morgan fingerprint density at radius 2 is 2.21 bits per heavy atom. The summed E-state index contributed by atoms with van der Waals surface area (Å²) in [5, 5.41) is 2.10. The lowest BCUT2D eigenvalue weighted by atomic mass is 10.5. The van der Waals surface area contributed by atoms with E-state index >= 15 is 0 Å². The first-order valence-electron chi connectivity index (χ1n) is 8.53. The molecule has 1 aliphatic heterocycles. The van der Waals surface area contributed by atoms with E-state index in [-0.39, 0.29) is 13.0 Å². The highest BCUT2D eigenvalue weighted by atomic mass is 35.5. The van der Waals surface area contributed by atoms with Crippen LogP contribution in [0, 0.1) is 0 Å². The van der Waals surface area contributed by atoms with Crippen LogP contribution in [-0.2, 0) is 9.09 Å². The van der Waals surface area contributed by atoms with E-state index in [2.05, 4.69) is 9.61 Å². The molecule has 0 saturated carbocycles. The van der Waals surface area contributed by atoms with Gasteiger partial charge in [0.1, 0.15) is 0 Å². The number of nitrogens with zero attached hydrogens (tertiary/aromatic N) is 1. The third-order valence-electron chi connectivity index (χ3n) is 1.29. The summed E-state index contributed by atoms with van der Waals surface area (Å²) in [7, 11) is -4.97. The lowest BCUT2D eigenvalue weighted by molar-refractivity contribution is 0.233. The van der Waals surface area contributed by atoms with Crippen molar-refractivity contribution in [2.24, 2.45) is 0 Å². The predicted molar refractivity (Wildman–Crippen MR) is 59.2 cm³/mol. The highest BCUT2D eigenvalue weighted by molar-refractivity contribution is 7.54. The number of nitrogens with one attached hydrogen (secondary N) is 1. The summed E-state index contributed by atoms with van der Waals surface area (Å²) in [5.41, 5.74) is 0. The molecule has 4 nitrogen and oxygen atoms in total. The zero-order valence-electron chi connectivity index (χ0n) is 16.9. The smallest absolute Gasteiger partial charge is 0.306 e. The standard InChI is InChI=1S/C7H15Cl2N2O2P/c8-2-5-11(6-3-9)14(12)10-4-1-7-13-14/h1-7H2,(H,10,12)/i2D2,3D2,5D2,6D2,7D2. The molecule has 1 aliphatic rings. The Morgan fingerprint density at radius 1 is 1.57 bits per heavy atom. The van der Waals surface area contributed by atoms with Gasteiger partial charge in [0.05, 0.1) is 9.30 Å². The average molecular weight is 271 g/mol. The molecule has 0 aliphatic carbocycles. The van der Waals surface area contributed by atoms with Crippen molar-refractivity contribution < 1.29 is 22.8 Å². The van der Waals surface area contributed by atoms with Gasteiger partial charge in [0, 0.05) is 42.2 Å². The maximum atomic E-state index is 13.0. The van der Waals surface area contributed by atoms with Crippen molar-refractivity contribution in [3.05, 3.63) is 0 Å². The summed E-state index contributed by atoms with van der Waals surface area (Å²) in [6, 6.07) is 0. The zero-order valence-corrected chi connectivity index (χ0v) is 9.29. The van der Waals surface area contributed by atoms with Crippen LogP contribution in [0.3, 0.4) is 0 Å². The minimum Gasteiger partial charge on any atom is -0.306 e. The summed E-state index contributed by atoms with van der Waals surface area (Å²) in [5.74, 6) is -6.70. The molecule has 0 aromatic carbocycles. The van der Waals surface area contributed by atoms with Gasteiger partial charge < -0.3 is 4.52 Å². The molecule has 84 valence electrons. The molecule has 0 aromatic heterocycles. The minimum atomic E-state index is -4.97. The normalized spacial score (nSPS) is 46.5. The van der Waals surface area contributed by atoms with E-state index in [9.17, 15) is 4.57 Å². The molecular weight excluding hydrogens is 246 g/mol. The minimum absolute atomic E-state index is 0.307. The largest absolute Gasteiger partial charge is 0.343 e. The third kappa shape index (κ3) is 3.37. The second kappa shape index (κ2) is 6.31. The van der Waals surface area contributed by atoms with E-state index in [0.717, 1.165) is 0 Å². The van der Waals surface area contributed by atoms with Gasteiger partial charge in [0.15, 0.2) is 0 Å². The van der Waals surface area contributed by atoms with Gasteiger partial charge in [-0.2, -0.15) is 0 Å². The number of hydrogen-bond acceptors (Lipinski definition) is 2. The topological polar surface area (TPSA) is 41.6 Å². The highest BCUT2D eigenvalue weighted by Gasteiger charge is 2.32. The fourth-order valence-electron chi connectivity index (χ4n) is 0.765. The van der Waals surface area contributed by atoms with Crippen molar-refractivity contribution in [3.8, 4) is 0 Å². The lowest BCUT2D eigenvalue weighted by Gasteiger charge is -2.33. The van der Waals surface area contributed by atoms with Crippen LogP contribution < -0.4 is 5.09 Å². The highest BCUT2D eigenvalue weighted by Crippen LogP contribution is 2.47. The molecule has 0 aromatic rings. The lowest BCUT2D eigenvalue weighted by Crippen LogP contribution is -2.35. The van der Waals surface area contributed by atoms with Gasteiger partial charge in [-0.1, -0.05) is 0 Å². The van der Waals surface area contributed by atoms with Crippen molar-refractivity contribution in [2.75, 3.05) is 37.8 Å². The second-order valence-electron chi connectivity index (χ2n) is 2.14. The van der Waals surface area contributed by atoms with Crippen LogP contribution in [0.5, 0.6) is 0 Å². The molecule has 14 heavy (non-hydrogen) atoms. The van der Waals surface area contributed by atoms with E-state index in [0.29, 0.717) is 0 Å². The van der Waals surface area contributed by atoms with Crippen LogP contribution in [0.2, 0.25) is 0 Å². The molecule has 1 rings (SSSR count). The summed E-state index contributed by atoms with van der Waals surface area (Å²) in [6.07, 6.45) is -0.307. The molecule has 0 radical (unpaired) electrons. The molecule has 0 spiro atoms. The Hall–Kier alpha value is 0.690. The number of hydrogen-bond donors (Lipinski definition) is 1. The summed E-state index contributed by atoms with van der Waals surface area (Å²) in [6.45, 7) is -10.1. The van der Waals surface area contributed by atoms with Gasteiger partial charge in [-0.05, 0) is 6.42 Å². The van der Waals surface area contributed by atoms with Crippen molar-refractivity contribution in [2.45, 2.75) is 6.42 Å². The predicted octanol–water partition coefficient (Wildman–Crippen LogP) is 1.88. The number of alkyl halides is 2. The van der Waals surface area contributed by atoms with Crippen LogP contribution in [-0.4, -0.2) is 42.4 Å². The van der Waals surface area contributed by atoms with Gasteiger partial charge in [0.25, 0.3) is 0 Å². The summed E-state index contributed by atoms with van der Waals surface area (Å²) in [4.78, 5) is 0. The maximum Gasteiger partial charge on any atom is 0.343 e. The average Bonchev–Trinajstić information content (AvgIpc) is 2.21. The molecule has 1 fully saturated rings. The quantitative estimate of drug-likeness (QED) is 0.612. The number of halogens is 2. The Kier molecular flexibility index (Phi) is 2.04. The first-order valence-corrected chi connectivity index (χ1v) is 5.86. The molecule has 1 heterocycles. The zero-order chi connectivity index (χ0) is 19.4. The molecule has 0 bridgehead atoms. The van der Waals surface area contributed by atoms with Gasteiger partial charge in [-0.15, -0.1) is 23.2 Å². The van der Waals surface area contributed by atoms with Crippen molar-refractivity contribution in [1.29, 1.82) is 0 Å². The molecule has 1 N–H and O–H groups in total. The maximum absolute atomic E-state index is 13.0. The van der Waals surface area contributed by atoms with E-state index in [1.54, 1.807) is 0 Å². The first kappa shape index (κ1) is 4.52. The van der Waals surface area contributed by atoms with Crippen LogP contribution in [0.25, 0.3) is 0 Å². The Labute approximate surface area is 108 Å². The van der Waals surface area contributed by atoms with Crippen LogP contribution >= 0.6 is 30.9 Å². The third-order valence-corrected chi connectivity index (χ3v) is 3.18. The van der Waals surface area contributed by atoms with Gasteiger partial charge >= 0.3 is 7.67 Å². The van der Waals surface area contributed by atoms with Crippen molar-refractivity contribution in [3.63, 3.8) is 0 Å². The van der Waals surface area contributed by atoms with Gasteiger partial charge in [0.2, 0.25) is 0 Å². The summed E-state index contributed by atoms with van der Waals surface area (Å²) < 4.78 is 92.6. The summed E-state index contributed by atoms with van der Waals surface area (Å²) >= 11 is 10.6. The van der Waals surface area contributed by atoms with E-state index < -0.39 is 43.6 Å². The monoisotopic (exact) mass is 270 g/mol. The van der Waals surface area contributed by atoms with Crippen LogP contribution in [0.1, 0.15) is 20.1 Å². The fraction of sp³-hybridized carbons (Fsp3) is 1.00. The first-order chi connectivity index (χ1) is 10.3. The Morgan fingerprint density at radius 3 is 2.71 bits per heavy atom. The van der Waals surface area contributed by atoms with E-state index in [4.69, 9.17) is 36.9 Å². The van der Waals surface area contributed by atoms with E-state index in [1.807, 2.05) is 0 Å². The fourth-order valence-corrected chi connectivity index (χ4v) is 2.36. The van der Waals surface area contributed by atoms with Crippen molar-refractivity contribution >= 4 is 30.9 Å². The SMILES string of the molecule is [2H]C1([2H])CCNP(=O)(N(C([2H])([2H])C([2H])([2H])Cl)C([2H])([2H])C([2H])([2H])Cl)O1. The van der Waals surface area contributed by atoms with Crippen LogP contribution in [0.4, 0.5) is 0 Å². The van der Waals surface area contributed by atoms with E-state index in [1.165, 1.54) is 0 Å². The van der Waals surface area contributed by atoms with Gasteiger partial charge in [-0.3, -0.25) is 4.57 Å². The molecule has 1 atom stereocenters. The molecule has 0 amide bonds. The molecule has 1 unspecified atom stereocenters. The molecule has 7 heteroatoms.